The van der Waals surface area contributed by atoms with Crippen LogP contribution < -0.4 is 0 Å². The number of rotatable bonds is 4. The fourth-order valence-electron chi connectivity index (χ4n) is 3.57. The maximum absolute atomic E-state index is 12.3. The molecule has 1 fully saturated rings. The summed E-state index contributed by atoms with van der Waals surface area (Å²) in [6.07, 6.45) is 3.54. The number of aromatic nitrogens is 1. The van der Waals surface area contributed by atoms with Gasteiger partial charge in [0, 0.05) is 16.5 Å². The van der Waals surface area contributed by atoms with E-state index in [1.54, 1.807) is 17.6 Å². The Bertz CT molecular complexity index is 1130. The second-order valence-corrected chi connectivity index (χ2v) is 12.4. The van der Waals surface area contributed by atoms with E-state index in [0.717, 1.165) is 31.8 Å². The molecule has 31 heavy (non-hydrogen) atoms. The summed E-state index contributed by atoms with van der Waals surface area (Å²) in [7, 11) is 0. The van der Waals surface area contributed by atoms with Crippen LogP contribution in [0.2, 0.25) is 0 Å². The van der Waals surface area contributed by atoms with E-state index in [1.807, 2.05) is 52.9 Å². The summed E-state index contributed by atoms with van der Waals surface area (Å²) in [5.74, 6) is -0.604. The Labute approximate surface area is 190 Å². The lowest BCUT2D eigenvalue weighted by Gasteiger charge is -2.25. The molecule has 3 aromatic rings. The monoisotopic (exact) mass is 456 g/mol. The van der Waals surface area contributed by atoms with E-state index in [0.29, 0.717) is 6.61 Å². The van der Waals surface area contributed by atoms with Crippen LogP contribution in [0.25, 0.3) is 21.3 Å². The third-order valence-corrected chi connectivity index (χ3v) is 7.64. The van der Waals surface area contributed by atoms with Crippen molar-refractivity contribution in [1.82, 2.24) is 4.98 Å². The molecule has 0 saturated carbocycles. The number of thiophene rings is 1. The van der Waals surface area contributed by atoms with Crippen LogP contribution in [0.1, 0.15) is 52.0 Å². The summed E-state index contributed by atoms with van der Waals surface area (Å²) in [4.78, 5) is 5.61. The zero-order valence-electron chi connectivity index (χ0n) is 18.8. The number of nitrogens with zero attached hydrogens (tertiary/aromatic N) is 2. The van der Waals surface area contributed by atoms with E-state index in [4.69, 9.17) is 9.47 Å². The van der Waals surface area contributed by atoms with Gasteiger partial charge in [-0.05, 0) is 70.7 Å². The van der Waals surface area contributed by atoms with Gasteiger partial charge in [0.05, 0.1) is 23.4 Å². The van der Waals surface area contributed by atoms with Crippen molar-refractivity contribution in [3.63, 3.8) is 0 Å². The molecule has 1 saturated heterocycles. The molecule has 0 spiro atoms. The Kier molecular flexibility index (Phi) is 5.77. The van der Waals surface area contributed by atoms with E-state index in [-0.39, 0.29) is 4.75 Å². The normalized spacial score (nSPS) is 22.4. The van der Waals surface area contributed by atoms with Crippen LogP contribution in [0.4, 0.5) is 0 Å². The number of ether oxygens (including phenoxy) is 2. The molecule has 0 radical (unpaired) electrons. The largest absolute Gasteiger partial charge is 0.591 e. The standard InChI is InChI=1S/C24H28N2O3S2/c1-22(2,3)31(27)26-14-18-12-16-8-7-9-19(21(16)30-18)20-13-17(10-11-25-20)24(6)15-28-23(4,5)29-24/h7-14H,15H2,1-6H3/t24-,31?/m0/s1. The average molecular weight is 457 g/mol. The highest BCUT2D eigenvalue weighted by molar-refractivity contribution is 7.91. The highest BCUT2D eigenvalue weighted by atomic mass is 32.2. The van der Waals surface area contributed by atoms with E-state index in [1.165, 1.54) is 0 Å². The third-order valence-electron chi connectivity index (χ3n) is 5.18. The first-order chi connectivity index (χ1) is 14.5. The van der Waals surface area contributed by atoms with Crippen molar-refractivity contribution in [2.75, 3.05) is 6.61 Å². The SMILES string of the molecule is CC1(C)OC[C@@](C)(c2ccnc(-c3cccc4cc(C=N[S+]([O-])C(C)(C)C)sc34)c2)O1. The number of hydrogen-bond acceptors (Lipinski definition) is 6. The van der Waals surface area contributed by atoms with E-state index in [2.05, 4.69) is 40.6 Å². The van der Waals surface area contributed by atoms with Crippen molar-refractivity contribution in [2.24, 2.45) is 4.40 Å². The molecule has 7 heteroatoms. The molecular formula is C24H28N2O3S2. The molecule has 2 aromatic heterocycles. The van der Waals surface area contributed by atoms with E-state index >= 15 is 0 Å². The van der Waals surface area contributed by atoms with Crippen molar-refractivity contribution < 1.29 is 14.0 Å². The fraction of sp³-hybridized carbons (Fsp3) is 0.417. The van der Waals surface area contributed by atoms with Crippen LogP contribution >= 0.6 is 11.3 Å². The molecule has 5 nitrogen and oxygen atoms in total. The first kappa shape index (κ1) is 22.4. The first-order valence-electron chi connectivity index (χ1n) is 10.3. The zero-order valence-corrected chi connectivity index (χ0v) is 20.4. The molecule has 2 atom stereocenters. The fourth-order valence-corrected chi connectivity index (χ4v) is 5.21. The summed E-state index contributed by atoms with van der Waals surface area (Å²) in [5, 5.41) is 1.12. The van der Waals surface area contributed by atoms with Crippen molar-refractivity contribution >= 4 is 39.0 Å². The van der Waals surface area contributed by atoms with Crippen molar-refractivity contribution in [1.29, 1.82) is 0 Å². The minimum atomic E-state index is -1.28. The molecule has 1 aliphatic heterocycles. The van der Waals surface area contributed by atoms with Gasteiger partial charge in [-0.2, -0.15) is 0 Å². The zero-order chi connectivity index (χ0) is 22.4. The van der Waals surface area contributed by atoms with Gasteiger partial charge in [-0.1, -0.05) is 22.6 Å². The van der Waals surface area contributed by atoms with Crippen LogP contribution in [0, 0.1) is 0 Å². The minimum absolute atomic E-state index is 0.376. The Morgan fingerprint density at radius 3 is 2.65 bits per heavy atom. The van der Waals surface area contributed by atoms with Gasteiger partial charge < -0.3 is 14.0 Å². The molecule has 0 bridgehead atoms. The van der Waals surface area contributed by atoms with Gasteiger partial charge in [0.25, 0.3) is 0 Å². The quantitative estimate of drug-likeness (QED) is 0.365. The third kappa shape index (κ3) is 4.71. The van der Waals surface area contributed by atoms with Gasteiger partial charge in [-0.25, -0.2) is 0 Å². The number of hydrogen-bond donors (Lipinski definition) is 0. The lowest BCUT2D eigenvalue weighted by atomic mass is 9.96. The Balaban J connectivity index is 1.69. The molecule has 0 aliphatic carbocycles. The maximum atomic E-state index is 12.3. The highest BCUT2D eigenvalue weighted by Crippen LogP contribution is 2.40. The molecule has 3 heterocycles. The van der Waals surface area contributed by atoms with Gasteiger partial charge in [0.1, 0.15) is 21.7 Å². The molecule has 0 amide bonds. The molecule has 164 valence electrons. The highest BCUT2D eigenvalue weighted by Gasteiger charge is 2.43. The summed E-state index contributed by atoms with van der Waals surface area (Å²) >= 11 is 0.350. The maximum Gasteiger partial charge on any atom is 0.164 e. The van der Waals surface area contributed by atoms with Gasteiger partial charge in [0.2, 0.25) is 0 Å². The van der Waals surface area contributed by atoms with E-state index < -0.39 is 22.8 Å². The molecule has 1 aliphatic rings. The second-order valence-electron chi connectivity index (χ2n) is 9.42. The number of fused-ring (bicyclic) bond motifs is 1. The van der Waals surface area contributed by atoms with Gasteiger partial charge in [-0.3, -0.25) is 4.98 Å². The van der Waals surface area contributed by atoms with E-state index in [9.17, 15) is 4.55 Å². The number of benzene rings is 1. The van der Waals surface area contributed by atoms with Crippen LogP contribution in [0.5, 0.6) is 0 Å². The first-order valence-corrected chi connectivity index (χ1v) is 12.2. The molecule has 1 aromatic carbocycles. The second kappa shape index (κ2) is 7.98. The van der Waals surface area contributed by atoms with Crippen molar-refractivity contribution in [2.45, 2.75) is 57.7 Å². The lowest BCUT2D eigenvalue weighted by Crippen LogP contribution is -2.28. The molecule has 0 N–H and O–H groups in total. The van der Waals surface area contributed by atoms with Gasteiger partial charge >= 0.3 is 0 Å². The Morgan fingerprint density at radius 2 is 1.97 bits per heavy atom. The molecule has 4 rings (SSSR count). The van der Waals surface area contributed by atoms with Gasteiger partial charge in [0.15, 0.2) is 5.79 Å². The summed E-state index contributed by atoms with van der Waals surface area (Å²) < 4.78 is 29.3. The van der Waals surface area contributed by atoms with Crippen molar-refractivity contribution in [3.05, 3.63) is 53.0 Å². The van der Waals surface area contributed by atoms with Crippen LogP contribution in [0.3, 0.4) is 0 Å². The number of pyridine rings is 1. The predicted octanol–water partition coefficient (Wildman–Crippen LogP) is 5.84. The summed E-state index contributed by atoms with van der Waals surface area (Å²) in [6.45, 7) is 12.2. The average Bonchev–Trinajstić information content (AvgIpc) is 3.25. The topological polar surface area (TPSA) is 66.8 Å². The molecule has 1 unspecified atom stereocenters. The van der Waals surface area contributed by atoms with Gasteiger partial charge in [-0.15, -0.1) is 11.3 Å². The predicted molar refractivity (Wildman–Crippen MR) is 129 cm³/mol. The van der Waals surface area contributed by atoms with Crippen LogP contribution in [-0.2, 0) is 26.4 Å². The minimum Gasteiger partial charge on any atom is -0.591 e. The Morgan fingerprint density at radius 1 is 1.19 bits per heavy atom. The molecular weight excluding hydrogens is 428 g/mol. The lowest BCUT2D eigenvalue weighted by molar-refractivity contribution is -0.159. The van der Waals surface area contributed by atoms with Crippen LogP contribution in [0.15, 0.2) is 47.0 Å². The smallest absolute Gasteiger partial charge is 0.164 e. The Hall–Kier alpha value is -1.77. The summed E-state index contributed by atoms with van der Waals surface area (Å²) in [6, 6.07) is 12.3. The van der Waals surface area contributed by atoms with Crippen LogP contribution in [-0.4, -0.2) is 32.9 Å². The van der Waals surface area contributed by atoms with Crippen molar-refractivity contribution in [3.8, 4) is 11.3 Å². The summed E-state index contributed by atoms with van der Waals surface area (Å²) in [5.41, 5.74) is 2.47.